The van der Waals surface area contributed by atoms with E-state index in [-0.39, 0.29) is 30.0 Å². The van der Waals surface area contributed by atoms with Crippen molar-refractivity contribution in [2.75, 3.05) is 45.2 Å². The van der Waals surface area contributed by atoms with Gasteiger partial charge in [-0.1, -0.05) is 31.2 Å². The average molecular weight is 709 g/mol. The van der Waals surface area contributed by atoms with Gasteiger partial charge in [-0.05, 0) is 78.9 Å². The number of likely N-dealkylation sites (tertiary alicyclic amines) is 1. The van der Waals surface area contributed by atoms with Crippen LogP contribution < -0.4 is 24.8 Å². The molecule has 0 spiro atoms. The summed E-state index contributed by atoms with van der Waals surface area (Å²) in [6.07, 6.45) is -2.67. The van der Waals surface area contributed by atoms with E-state index in [1.54, 1.807) is 26.2 Å². The molecular formula is C38H40F4N4O5. The lowest BCUT2D eigenvalue weighted by atomic mass is 10.0. The number of carbonyl (C=O) groups excluding carboxylic acids is 2. The summed E-state index contributed by atoms with van der Waals surface area (Å²) in [7, 11) is 1.59. The first-order valence-corrected chi connectivity index (χ1v) is 16.6. The summed E-state index contributed by atoms with van der Waals surface area (Å²) < 4.78 is 73.3. The number of aromatic nitrogens is 1. The van der Waals surface area contributed by atoms with E-state index < -0.39 is 35.8 Å². The summed E-state index contributed by atoms with van der Waals surface area (Å²) in [5.74, 6) is -0.156. The smallest absolute Gasteiger partial charge is 0.416 e. The van der Waals surface area contributed by atoms with Gasteiger partial charge in [-0.2, -0.15) is 13.2 Å². The van der Waals surface area contributed by atoms with E-state index in [2.05, 4.69) is 27.4 Å². The minimum atomic E-state index is -4.76. The third-order valence-electron chi connectivity index (χ3n) is 8.43. The molecule has 4 aromatic rings. The van der Waals surface area contributed by atoms with Gasteiger partial charge in [0.25, 0.3) is 5.91 Å². The van der Waals surface area contributed by atoms with Crippen molar-refractivity contribution in [3.63, 3.8) is 0 Å². The number of carbonyl (C=O) groups is 2. The minimum absolute atomic E-state index is 0.0165. The van der Waals surface area contributed by atoms with Crippen LogP contribution in [0.3, 0.4) is 0 Å². The predicted molar refractivity (Wildman–Crippen MR) is 184 cm³/mol. The molecule has 2 N–H and O–H groups in total. The zero-order valence-corrected chi connectivity index (χ0v) is 28.6. The lowest BCUT2D eigenvalue weighted by Gasteiger charge is -2.16. The SMILES string of the molecule is CCOc1cc(OCc2ccc(OC)cc2)ncc1-c1ccc(CC(=O)Nc2cc(C(=O)NCCN3CCC(C)C3)cc(C(F)(F)F)c2)c(F)c1. The molecule has 0 bridgehead atoms. The highest BCUT2D eigenvalue weighted by Gasteiger charge is 2.32. The maximum atomic E-state index is 15.4. The monoisotopic (exact) mass is 708 g/mol. The van der Waals surface area contributed by atoms with Crippen LogP contribution in [0.25, 0.3) is 11.1 Å². The van der Waals surface area contributed by atoms with Crippen LogP contribution in [-0.4, -0.2) is 61.6 Å². The number of methoxy groups -OCH3 is 1. The second kappa shape index (κ2) is 16.7. The highest BCUT2D eigenvalue weighted by atomic mass is 19.4. The Kier molecular flexibility index (Phi) is 12.1. The molecule has 1 fully saturated rings. The number of alkyl halides is 3. The lowest BCUT2D eigenvalue weighted by molar-refractivity contribution is -0.137. The quantitative estimate of drug-likeness (QED) is 0.134. The van der Waals surface area contributed by atoms with Gasteiger partial charge in [0.15, 0.2) is 0 Å². The predicted octanol–water partition coefficient (Wildman–Crippen LogP) is 7.15. The van der Waals surface area contributed by atoms with Crippen molar-refractivity contribution >= 4 is 17.5 Å². The molecule has 2 heterocycles. The van der Waals surface area contributed by atoms with Crippen LogP contribution in [-0.2, 0) is 24.0 Å². The molecular weight excluding hydrogens is 668 g/mol. The summed E-state index contributed by atoms with van der Waals surface area (Å²) in [5, 5.41) is 5.06. The summed E-state index contributed by atoms with van der Waals surface area (Å²) in [6.45, 7) is 7.17. The highest BCUT2D eigenvalue weighted by molar-refractivity contribution is 5.98. The molecule has 1 aromatic heterocycles. The van der Waals surface area contributed by atoms with Crippen molar-refractivity contribution in [1.82, 2.24) is 15.2 Å². The van der Waals surface area contributed by atoms with Crippen LogP contribution in [0.2, 0.25) is 0 Å². The molecule has 0 aliphatic carbocycles. The number of hydrogen-bond acceptors (Lipinski definition) is 7. The molecule has 0 radical (unpaired) electrons. The number of ether oxygens (including phenoxy) is 3. The fourth-order valence-corrected chi connectivity index (χ4v) is 5.76. The number of rotatable bonds is 14. The van der Waals surface area contributed by atoms with Crippen molar-refractivity contribution in [2.45, 2.75) is 39.5 Å². The standard InChI is InChI=1S/C38H40F4N4O5/c1-4-50-34-20-36(51-23-25-5-9-31(49-3)10-6-25)44-21-32(34)26-7-8-27(33(39)17-26)18-35(47)45-30-16-28(15-29(19-30)38(40,41)42)37(48)43-12-14-46-13-11-24(2)22-46/h5-10,15-17,19-21,24H,4,11-14,18,22-23H2,1-3H3,(H,43,48)(H,45,47). The molecule has 1 aliphatic heterocycles. The molecule has 1 saturated heterocycles. The van der Waals surface area contributed by atoms with Crippen molar-refractivity contribution in [2.24, 2.45) is 5.92 Å². The maximum absolute atomic E-state index is 15.4. The molecule has 3 aromatic carbocycles. The Morgan fingerprint density at radius 1 is 1.02 bits per heavy atom. The maximum Gasteiger partial charge on any atom is 0.416 e. The molecule has 2 amide bonds. The zero-order valence-electron chi connectivity index (χ0n) is 28.6. The lowest BCUT2D eigenvalue weighted by Crippen LogP contribution is -2.34. The average Bonchev–Trinajstić information content (AvgIpc) is 3.52. The Morgan fingerprint density at radius 3 is 2.47 bits per heavy atom. The minimum Gasteiger partial charge on any atom is -0.497 e. The second-order valence-corrected chi connectivity index (χ2v) is 12.4. The number of pyridine rings is 1. The number of amides is 2. The van der Waals surface area contributed by atoms with E-state index in [0.29, 0.717) is 41.8 Å². The van der Waals surface area contributed by atoms with Gasteiger partial charge in [0, 0.05) is 48.7 Å². The van der Waals surface area contributed by atoms with Gasteiger partial charge in [0.05, 0.1) is 25.7 Å². The summed E-state index contributed by atoms with van der Waals surface area (Å²) in [4.78, 5) is 32.3. The van der Waals surface area contributed by atoms with Crippen LogP contribution in [0.15, 0.2) is 72.9 Å². The van der Waals surface area contributed by atoms with Gasteiger partial charge < -0.3 is 29.7 Å². The van der Waals surface area contributed by atoms with Crippen LogP contribution in [0.5, 0.6) is 17.4 Å². The summed E-state index contributed by atoms with van der Waals surface area (Å²) >= 11 is 0. The van der Waals surface area contributed by atoms with E-state index in [1.807, 2.05) is 24.3 Å². The number of anilines is 1. The largest absolute Gasteiger partial charge is 0.497 e. The van der Waals surface area contributed by atoms with E-state index in [4.69, 9.17) is 14.2 Å². The molecule has 1 atom stereocenters. The summed E-state index contributed by atoms with van der Waals surface area (Å²) in [5.41, 5.74) is 0.273. The fraction of sp³-hybridized carbons (Fsp3) is 0.342. The van der Waals surface area contributed by atoms with E-state index in [9.17, 15) is 22.8 Å². The topological polar surface area (TPSA) is 102 Å². The number of hydrogen-bond donors (Lipinski definition) is 2. The van der Waals surface area contributed by atoms with Crippen molar-refractivity contribution in [3.8, 4) is 28.5 Å². The third kappa shape index (κ3) is 10.2. The Morgan fingerprint density at radius 2 is 1.80 bits per heavy atom. The van der Waals surface area contributed by atoms with Crippen LogP contribution in [0.4, 0.5) is 23.2 Å². The van der Waals surface area contributed by atoms with Gasteiger partial charge in [0.1, 0.15) is 23.9 Å². The van der Waals surface area contributed by atoms with E-state index >= 15 is 4.39 Å². The Bertz CT molecular complexity index is 1830. The van der Waals surface area contributed by atoms with Crippen LogP contribution >= 0.6 is 0 Å². The second-order valence-electron chi connectivity index (χ2n) is 12.4. The molecule has 5 rings (SSSR count). The van der Waals surface area contributed by atoms with Crippen LogP contribution in [0, 0.1) is 11.7 Å². The van der Waals surface area contributed by atoms with Gasteiger partial charge in [-0.15, -0.1) is 0 Å². The molecule has 1 aliphatic rings. The Hall–Kier alpha value is -5.17. The highest BCUT2D eigenvalue weighted by Crippen LogP contribution is 2.34. The molecule has 270 valence electrons. The van der Waals surface area contributed by atoms with Crippen molar-refractivity contribution in [3.05, 3.63) is 101 Å². The van der Waals surface area contributed by atoms with Crippen molar-refractivity contribution in [1.29, 1.82) is 0 Å². The molecule has 0 saturated carbocycles. The molecule has 13 heteroatoms. The number of benzene rings is 3. The van der Waals surface area contributed by atoms with Gasteiger partial charge in [0.2, 0.25) is 11.8 Å². The van der Waals surface area contributed by atoms with E-state index in [1.165, 1.54) is 24.4 Å². The molecule has 9 nitrogen and oxygen atoms in total. The van der Waals surface area contributed by atoms with Crippen molar-refractivity contribution < 1.29 is 41.4 Å². The Balaban J connectivity index is 1.24. The first kappa shape index (κ1) is 37.1. The fourth-order valence-electron chi connectivity index (χ4n) is 5.76. The normalized spacial score (nSPS) is 14.6. The number of halogens is 4. The first-order chi connectivity index (χ1) is 24.4. The number of nitrogens with zero attached hydrogens (tertiary/aromatic N) is 2. The molecule has 51 heavy (non-hydrogen) atoms. The first-order valence-electron chi connectivity index (χ1n) is 16.6. The molecule has 1 unspecified atom stereocenters. The summed E-state index contributed by atoms with van der Waals surface area (Å²) in [6, 6.07) is 15.9. The Labute approximate surface area is 293 Å². The van der Waals surface area contributed by atoms with E-state index in [0.717, 1.165) is 43.0 Å². The van der Waals surface area contributed by atoms with Gasteiger partial charge in [-0.3, -0.25) is 9.59 Å². The van der Waals surface area contributed by atoms with Crippen LogP contribution in [0.1, 0.15) is 47.3 Å². The number of nitrogens with one attached hydrogen (secondary N) is 2. The van der Waals surface area contributed by atoms with Gasteiger partial charge in [-0.25, -0.2) is 9.37 Å². The zero-order chi connectivity index (χ0) is 36.5. The van der Waals surface area contributed by atoms with Gasteiger partial charge >= 0.3 is 6.18 Å². The third-order valence-corrected chi connectivity index (χ3v) is 8.43.